The molecule has 6 N–H and O–H groups in total. The molecule has 0 radical (unpaired) electrons. The Hall–Kier alpha value is -4.71. The third-order valence-corrected chi connectivity index (χ3v) is 10.4. The van der Waals surface area contributed by atoms with E-state index in [0.717, 1.165) is 44.6 Å². The number of aromatic nitrogens is 1. The minimum absolute atomic E-state index is 0.0246. The van der Waals surface area contributed by atoms with Crippen molar-refractivity contribution in [1.82, 2.24) is 20.5 Å². The molecule has 3 saturated heterocycles. The zero-order valence-corrected chi connectivity index (χ0v) is 30.0. The van der Waals surface area contributed by atoms with Gasteiger partial charge in [-0.15, -0.1) is 0 Å². The molecule has 2 bridgehead atoms. The molecule has 11 nitrogen and oxygen atoms in total. The fourth-order valence-electron chi connectivity index (χ4n) is 7.46. The van der Waals surface area contributed by atoms with Crippen LogP contribution in [0.1, 0.15) is 85.0 Å². The Morgan fingerprint density at radius 1 is 1.02 bits per heavy atom. The molecule has 1 amide bonds. The Morgan fingerprint density at radius 2 is 1.77 bits per heavy atom. The number of aromatic hydroxyl groups is 1. The average molecular weight is 713 g/mol. The summed E-state index contributed by atoms with van der Waals surface area (Å²) in [5.41, 5.74) is 3.37. The van der Waals surface area contributed by atoms with Gasteiger partial charge in [0.05, 0.1) is 23.8 Å². The summed E-state index contributed by atoms with van der Waals surface area (Å²) < 4.78 is 5.92. The Labute approximate surface area is 305 Å². The van der Waals surface area contributed by atoms with Gasteiger partial charge in [0.1, 0.15) is 11.5 Å². The standard InChI is InChI=1S/C33H37N3O5.C7H13N.CH2O2/c1-33(17-16-22-8-3-4-11-27(22)33)36-32(40)23-9-7-10-24(20-23)41-19-6-2-5-18-34-21-29(38)25-12-14-28(37)31-26(25)13-15-30(39)35-31;1-4-8-5-2-7(1)3-6-8;2-1-3/h3-4,7-15,20,29,34,37-38H,2,5-6,16-19,21H2,1H3,(H,35,39)(H,36,40);7H,1-6H2;1H,(H,2,3). The molecule has 11 heteroatoms. The van der Waals surface area contributed by atoms with E-state index < -0.39 is 6.10 Å². The van der Waals surface area contributed by atoms with Gasteiger partial charge in [-0.2, -0.15) is 0 Å². The van der Waals surface area contributed by atoms with Crippen molar-refractivity contribution in [3.8, 4) is 11.5 Å². The third-order valence-electron chi connectivity index (χ3n) is 10.4. The number of aryl methyl sites for hydroxylation is 1. The Kier molecular flexibility index (Phi) is 13.8. The van der Waals surface area contributed by atoms with Crippen LogP contribution in [0.25, 0.3) is 10.9 Å². The van der Waals surface area contributed by atoms with Crippen molar-refractivity contribution < 1.29 is 29.6 Å². The number of phenolic OH excluding ortho intramolecular Hbond substituents is 1. The first-order valence-electron chi connectivity index (χ1n) is 18.4. The number of benzene rings is 3. The highest BCUT2D eigenvalue weighted by Gasteiger charge is 2.35. The first kappa shape index (κ1) is 38.5. The molecule has 0 saturated carbocycles. The molecule has 3 aromatic carbocycles. The predicted octanol–water partition coefficient (Wildman–Crippen LogP) is 5.50. The van der Waals surface area contributed by atoms with Crippen LogP contribution in [0.4, 0.5) is 0 Å². The van der Waals surface area contributed by atoms with Crippen molar-refractivity contribution >= 4 is 23.3 Å². The van der Waals surface area contributed by atoms with E-state index in [0.29, 0.717) is 40.9 Å². The van der Waals surface area contributed by atoms with Crippen molar-refractivity contribution in [2.24, 2.45) is 5.92 Å². The third kappa shape index (κ3) is 10.2. The molecule has 4 aliphatic rings. The highest BCUT2D eigenvalue weighted by molar-refractivity contribution is 5.95. The number of fused-ring (bicyclic) bond motifs is 5. The van der Waals surface area contributed by atoms with Crippen molar-refractivity contribution in [2.45, 2.75) is 69.9 Å². The van der Waals surface area contributed by atoms with Crippen LogP contribution in [0.2, 0.25) is 0 Å². The number of carbonyl (C=O) groups is 2. The summed E-state index contributed by atoms with van der Waals surface area (Å²) in [7, 11) is 0. The molecule has 0 spiro atoms. The van der Waals surface area contributed by atoms with Crippen LogP contribution in [0.15, 0.2) is 77.6 Å². The Morgan fingerprint density at radius 3 is 2.48 bits per heavy atom. The molecule has 3 aliphatic heterocycles. The summed E-state index contributed by atoms with van der Waals surface area (Å²) in [5.74, 6) is 1.67. The molecule has 1 aromatic heterocycles. The van der Waals surface area contributed by atoms with Gasteiger partial charge in [-0.05, 0) is 137 Å². The number of nitrogens with one attached hydrogen (secondary N) is 3. The van der Waals surface area contributed by atoms with Crippen LogP contribution in [-0.2, 0) is 16.8 Å². The second-order valence-corrected chi connectivity index (χ2v) is 14.1. The largest absolute Gasteiger partial charge is 0.506 e. The summed E-state index contributed by atoms with van der Waals surface area (Å²) in [6, 6.07) is 21.8. The number of aromatic amines is 1. The monoisotopic (exact) mass is 712 g/mol. The van der Waals surface area contributed by atoms with Gasteiger partial charge in [-0.25, -0.2) is 0 Å². The Bertz CT molecular complexity index is 1810. The zero-order chi connectivity index (χ0) is 36.9. The number of unbranched alkanes of at least 4 members (excludes halogenated alkanes) is 2. The number of nitrogens with zero attached hydrogens (tertiary/aromatic N) is 1. The first-order chi connectivity index (χ1) is 25.2. The average Bonchev–Trinajstić information content (AvgIpc) is 3.50. The lowest BCUT2D eigenvalue weighted by Gasteiger charge is -2.38. The zero-order valence-electron chi connectivity index (χ0n) is 30.0. The molecule has 2 unspecified atom stereocenters. The molecular formula is C41H52N4O7. The number of aliphatic hydroxyl groups excluding tert-OH is 1. The van der Waals surface area contributed by atoms with Gasteiger partial charge >= 0.3 is 0 Å². The molecule has 4 aromatic rings. The second-order valence-electron chi connectivity index (χ2n) is 14.1. The SMILES string of the molecule is C1CN2CCC1CC2.CC1(NC(=O)c2cccc(OCCCCCNCC(O)c3ccc(O)c4[nH]c(=O)ccc34)c2)CCc2ccccc21.O=CO. The van der Waals surface area contributed by atoms with Gasteiger partial charge in [0.25, 0.3) is 12.4 Å². The number of pyridine rings is 1. The van der Waals surface area contributed by atoms with E-state index in [4.69, 9.17) is 14.6 Å². The van der Waals surface area contributed by atoms with Crippen LogP contribution in [-0.4, -0.2) is 76.9 Å². The number of phenols is 1. The molecule has 8 rings (SSSR count). The van der Waals surface area contributed by atoms with E-state index in [9.17, 15) is 19.8 Å². The number of amides is 1. The molecule has 278 valence electrons. The molecular weight excluding hydrogens is 660 g/mol. The van der Waals surface area contributed by atoms with Crippen LogP contribution in [0.5, 0.6) is 11.5 Å². The molecule has 2 atom stereocenters. The number of carboxylic acid groups (broad SMARTS) is 1. The minimum Gasteiger partial charge on any atom is -0.506 e. The van der Waals surface area contributed by atoms with E-state index in [1.165, 1.54) is 62.2 Å². The van der Waals surface area contributed by atoms with Gasteiger partial charge < -0.3 is 40.6 Å². The van der Waals surface area contributed by atoms with Crippen LogP contribution in [0.3, 0.4) is 0 Å². The normalized spacial score (nSPS) is 20.4. The number of carbonyl (C=O) groups excluding carboxylic acids is 1. The minimum atomic E-state index is -0.775. The lowest BCUT2D eigenvalue weighted by Crippen LogP contribution is -2.41. The highest BCUT2D eigenvalue weighted by atomic mass is 16.5. The van der Waals surface area contributed by atoms with E-state index in [-0.39, 0.29) is 29.2 Å². The summed E-state index contributed by atoms with van der Waals surface area (Å²) in [4.78, 5) is 38.2. The number of hydrogen-bond donors (Lipinski definition) is 6. The summed E-state index contributed by atoms with van der Waals surface area (Å²) in [6.45, 7) is 7.66. The number of hydrogen-bond acceptors (Lipinski definition) is 8. The smallest absolute Gasteiger partial charge is 0.290 e. The van der Waals surface area contributed by atoms with E-state index in [1.54, 1.807) is 18.2 Å². The van der Waals surface area contributed by atoms with E-state index in [1.807, 2.05) is 30.3 Å². The maximum atomic E-state index is 13.1. The van der Waals surface area contributed by atoms with Gasteiger partial charge in [0.2, 0.25) is 5.56 Å². The number of rotatable bonds is 12. The van der Waals surface area contributed by atoms with Crippen LogP contribution in [0, 0.1) is 5.92 Å². The topological polar surface area (TPSA) is 164 Å². The van der Waals surface area contributed by atoms with Crippen molar-refractivity contribution in [3.63, 3.8) is 0 Å². The summed E-state index contributed by atoms with van der Waals surface area (Å²) >= 11 is 0. The van der Waals surface area contributed by atoms with Crippen molar-refractivity contribution in [3.05, 3.63) is 105 Å². The number of ether oxygens (including phenoxy) is 1. The number of piperidine rings is 3. The van der Waals surface area contributed by atoms with Crippen molar-refractivity contribution in [2.75, 3.05) is 39.3 Å². The van der Waals surface area contributed by atoms with Gasteiger partial charge in [-0.3, -0.25) is 14.4 Å². The second kappa shape index (κ2) is 18.7. The maximum Gasteiger partial charge on any atom is 0.290 e. The fourth-order valence-corrected chi connectivity index (χ4v) is 7.46. The quantitative estimate of drug-likeness (QED) is 0.0822. The van der Waals surface area contributed by atoms with Crippen LogP contribution >= 0.6 is 0 Å². The van der Waals surface area contributed by atoms with Gasteiger partial charge in [-0.1, -0.05) is 36.4 Å². The molecule has 52 heavy (non-hydrogen) atoms. The maximum absolute atomic E-state index is 13.1. The molecule has 4 heterocycles. The van der Waals surface area contributed by atoms with Gasteiger partial charge in [0, 0.05) is 23.6 Å². The van der Waals surface area contributed by atoms with E-state index >= 15 is 0 Å². The summed E-state index contributed by atoms with van der Waals surface area (Å²) in [6.07, 6.45) is 8.27. The number of H-pyrrole nitrogens is 1. The van der Waals surface area contributed by atoms with Crippen molar-refractivity contribution in [1.29, 1.82) is 0 Å². The van der Waals surface area contributed by atoms with Crippen LogP contribution < -0.4 is 20.9 Å². The highest BCUT2D eigenvalue weighted by Crippen LogP contribution is 2.36. The van der Waals surface area contributed by atoms with E-state index in [2.05, 4.69) is 39.6 Å². The lowest BCUT2D eigenvalue weighted by molar-refractivity contribution is -0.122. The predicted molar refractivity (Wildman–Crippen MR) is 202 cm³/mol. The molecule has 3 fully saturated rings. The summed E-state index contributed by atoms with van der Waals surface area (Å²) in [5, 5.41) is 34.7. The number of aliphatic hydroxyl groups is 1. The lowest BCUT2D eigenvalue weighted by atomic mass is 9.89. The Balaban J connectivity index is 0.000000405. The van der Waals surface area contributed by atoms with Gasteiger partial charge in [0.15, 0.2) is 0 Å². The fraction of sp³-hybridized carbons (Fsp3) is 0.439. The molecule has 1 aliphatic carbocycles. The first-order valence-corrected chi connectivity index (χ1v) is 18.4.